The third-order valence-corrected chi connectivity index (χ3v) is 5.49. The molecule has 0 saturated heterocycles. The van der Waals surface area contributed by atoms with Crippen molar-refractivity contribution in [3.8, 4) is 0 Å². The topological polar surface area (TPSA) is 0 Å². The maximum absolute atomic E-state index is 6.52. The Kier molecular flexibility index (Phi) is 2.03. The van der Waals surface area contributed by atoms with Crippen LogP contribution in [0.3, 0.4) is 0 Å². The summed E-state index contributed by atoms with van der Waals surface area (Å²) in [5, 5.41) is 1.02. The first-order valence-corrected chi connectivity index (χ1v) is 7.14. The van der Waals surface area contributed by atoms with Crippen molar-refractivity contribution >= 4 is 11.6 Å². The molecule has 1 fully saturated rings. The summed E-state index contributed by atoms with van der Waals surface area (Å²) in [6.07, 6.45) is 11.5. The molecule has 3 unspecified atom stereocenters. The SMILES string of the molecule is Clc1cccc2c1C1(CCC2)CC2C=CC1C2. The van der Waals surface area contributed by atoms with Crippen LogP contribution >= 0.6 is 11.6 Å². The van der Waals surface area contributed by atoms with Gasteiger partial charge in [0.05, 0.1) is 0 Å². The molecule has 1 spiro atoms. The highest BCUT2D eigenvalue weighted by Crippen LogP contribution is 2.59. The number of benzene rings is 1. The molecule has 88 valence electrons. The van der Waals surface area contributed by atoms with Gasteiger partial charge in [0.15, 0.2) is 0 Å². The molecule has 0 nitrogen and oxygen atoms in total. The first-order chi connectivity index (χ1) is 8.29. The number of hydrogen-bond donors (Lipinski definition) is 0. The quantitative estimate of drug-likeness (QED) is 0.589. The molecule has 1 aromatic rings. The number of fused-ring (bicyclic) bond motifs is 5. The molecule has 3 aliphatic carbocycles. The van der Waals surface area contributed by atoms with Crippen LogP contribution in [-0.4, -0.2) is 0 Å². The minimum absolute atomic E-state index is 0.394. The molecule has 1 heteroatoms. The van der Waals surface area contributed by atoms with Crippen LogP contribution in [0.4, 0.5) is 0 Å². The molecule has 17 heavy (non-hydrogen) atoms. The van der Waals surface area contributed by atoms with Crippen LogP contribution in [0, 0.1) is 11.8 Å². The minimum Gasteiger partial charge on any atom is -0.0851 e. The third kappa shape index (κ3) is 1.25. The second-order valence-electron chi connectivity index (χ2n) is 5.97. The van der Waals surface area contributed by atoms with Crippen molar-refractivity contribution in [1.82, 2.24) is 0 Å². The maximum Gasteiger partial charge on any atom is 0.0446 e. The van der Waals surface area contributed by atoms with Crippen molar-refractivity contribution < 1.29 is 0 Å². The Morgan fingerprint density at radius 2 is 2.18 bits per heavy atom. The van der Waals surface area contributed by atoms with E-state index in [4.69, 9.17) is 11.6 Å². The van der Waals surface area contributed by atoms with Crippen LogP contribution in [0.1, 0.15) is 36.8 Å². The molecule has 1 aromatic carbocycles. The normalized spacial score (nSPS) is 37.7. The molecule has 1 saturated carbocycles. The second kappa shape index (κ2) is 3.38. The Bertz CT molecular complexity index is 502. The van der Waals surface area contributed by atoms with Crippen molar-refractivity contribution in [2.45, 2.75) is 37.5 Å². The standard InChI is InChI=1S/C16H17Cl/c17-14-5-1-3-12-4-2-8-16(15(12)14)10-11-6-7-13(16)9-11/h1,3,5-7,11,13H,2,4,8-10H2. The molecule has 3 atom stereocenters. The average Bonchev–Trinajstić information content (AvgIpc) is 2.90. The van der Waals surface area contributed by atoms with Crippen molar-refractivity contribution in [2.75, 3.05) is 0 Å². The summed E-state index contributed by atoms with van der Waals surface area (Å²) in [5.74, 6) is 1.58. The summed E-state index contributed by atoms with van der Waals surface area (Å²) in [4.78, 5) is 0. The lowest BCUT2D eigenvalue weighted by Gasteiger charge is -2.41. The van der Waals surface area contributed by atoms with Gasteiger partial charge in [-0.05, 0) is 61.1 Å². The van der Waals surface area contributed by atoms with Crippen molar-refractivity contribution in [2.24, 2.45) is 11.8 Å². The average molecular weight is 245 g/mol. The summed E-state index contributed by atoms with van der Waals surface area (Å²) < 4.78 is 0. The molecule has 0 radical (unpaired) electrons. The Morgan fingerprint density at radius 3 is 2.94 bits per heavy atom. The van der Waals surface area contributed by atoms with E-state index < -0.39 is 0 Å². The lowest BCUT2D eigenvalue weighted by molar-refractivity contribution is 0.303. The predicted octanol–water partition coefficient (Wildman–Crippen LogP) is 4.51. The van der Waals surface area contributed by atoms with Gasteiger partial charge in [-0.25, -0.2) is 0 Å². The molecule has 0 heterocycles. The van der Waals surface area contributed by atoms with E-state index in [1.54, 1.807) is 0 Å². The highest BCUT2D eigenvalue weighted by atomic mass is 35.5. The Balaban J connectivity index is 1.94. The summed E-state index contributed by atoms with van der Waals surface area (Å²) >= 11 is 6.52. The van der Waals surface area contributed by atoms with E-state index >= 15 is 0 Å². The van der Waals surface area contributed by atoms with Crippen LogP contribution in [0.5, 0.6) is 0 Å². The Hall–Kier alpha value is -0.750. The molecule has 4 rings (SSSR count). The Labute approximate surface area is 108 Å². The number of aryl methyl sites for hydroxylation is 1. The van der Waals surface area contributed by atoms with E-state index in [9.17, 15) is 0 Å². The van der Waals surface area contributed by atoms with Gasteiger partial charge in [-0.2, -0.15) is 0 Å². The van der Waals surface area contributed by atoms with E-state index in [1.807, 2.05) is 0 Å². The monoisotopic (exact) mass is 244 g/mol. The summed E-state index contributed by atoms with van der Waals surface area (Å²) in [5.41, 5.74) is 3.42. The van der Waals surface area contributed by atoms with Gasteiger partial charge in [0.1, 0.15) is 0 Å². The number of rotatable bonds is 0. The Morgan fingerprint density at radius 1 is 1.24 bits per heavy atom. The van der Waals surface area contributed by atoms with E-state index in [1.165, 1.54) is 43.2 Å². The van der Waals surface area contributed by atoms with Gasteiger partial charge in [-0.3, -0.25) is 0 Å². The van der Waals surface area contributed by atoms with Crippen LogP contribution in [-0.2, 0) is 11.8 Å². The van der Waals surface area contributed by atoms with Gasteiger partial charge >= 0.3 is 0 Å². The van der Waals surface area contributed by atoms with Crippen LogP contribution in [0.25, 0.3) is 0 Å². The lowest BCUT2D eigenvalue weighted by Crippen LogP contribution is -2.35. The second-order valence-corrected chi connectivity index (χ2v) is 6.38. The molecule has 0 aliphatic heterocycles. The number of allylic oxidation sites excluding steroid dienone is 2. The van der Waals surface area contributed by atoms with Crippen molar-refractivity contribution in [1.29, 1.82) is 0 Å². The fraction of sp³-hybridized carbons (Fsp3) is 0.500. The molecular formula is C16H17Cl. The molecule has 0 aromatic heterocycles. The first kappa shape index (κ1) is 10.2. The minimum atomic E-state index is 0.394. The zero-order chi connectivity index (χ0) is 11.5. The maximum atomic E-state index is 6.52. The zero-order valence-electron chi connectivity index (χ0n) is 9.95. The summed E-state index contributed by atoms with van der Waals surface area (Å²) in [6, 6.07) is 6.49. The first-order valence-electron chi connectivity index (χ1n) is 6.76. The van der Waals surface area contributed by atoms with Gasteiger partial charge in [0.2, 0.25) is 0 Å². The molecular weight excluding hydrogens is 228 g/mol. The molecule has 3 aliphatic rings. The van der Waals surface area contributed by atoms with E-state index in [2.05, 4.69) is 30.4 Å². The molecule has 0 N–H and O–H groups in total. The highest BCUT2D eigenvalue weighted by Gasteiger charge is 2.51. The van der Waals surface area contributed by atoms with Crippen molar-refractivity contribution in [3.63, 3.8) is 0 Å². The van der Waals surface area contributed by atoms with Gasteiger partial charge in [0, 0.05) is 10.4 Å². The van der Waals surface area contributed by atoms with Gasteiger partial charge < -0.3 is 0 Å². The lowest BCUT2D eigenvalue weighted by atomic mass is 9.63. The van der Waals surface area contributed by atoms with Crippen LogP contribution in [0.2, 0.25) is 5.02 Å². The van der Waals surface area contributed by atoms with Gasteiger partial charge in [0.25, 0.3) is 0 Å². The van der Waals surface area contributed by atoms with Crippen LogP contribution in [0.15, 0.2) is 30.4 Å². The molecule has 0 amide bonds. The number of halogens is 1. The fourth-order valence-electron chi connectivity index (χ4n) is 4.58. The van der Waals surface area contributed by atoms with E-state index in [-0.39, 0.29) is 0 Å². The van der Waals surface area contributed by atoms with Gasteiger partial charge in [-0.1, -0.05) is 35.9 Å². The zero-order valence-corrected chi connectivity index (χ0v) is 10.7. The summed E-state index contributed by atoms with van der Waals surface area (Å²) in [6.45, 7) is 0. The summed E-state index contributed by atoms with van der Waals surface area (Å²) in [7, 11) is 0. The largest absolute Gasteiger partial charge is 0.0851 e. The predicted molar refractivity (Wildman–Crippen MR) is 71.4 cm³/mol. The fourth-order valence-corrected chi connectivity index (χ4v) is 4.97. The van der Waals surface area contributed by atoms with Crippen molar-refractivity contribution in [3.05, 3.63) is 46.5 Å². The highest BCUT2D eigenvalue weighted by molar-refractivity contribution is 6.31. The third-order valence-electron chi connectivity index (χ3n) is 5.18. The molecule has 2 bridgehead atoms. The van der Waals surface area contributed by atoms with E-state index in [0.29, 0.717) is 5.41 Å². The smallest absolute Gasteiger partial charge is 0.0446 e. The van der Waals surface area contributed by atoms with Crippen LogP contribution < -0.4 is 0 Å². The van der Waals surface area contributed by atoms with E-state index in [0.717, 1.165) is 16.9 Å². The van der Waals surface area contributed by atoms with Gasteiger partial charge in [-0.15, -0.1) is 0 Å². The number of hydrogen-bond acceptors (Lipinski definition) is 0.